The molecule has 0 aliphatic carbocycles. The van der Waals surface area contributed by atoms with Crippen molar-refractivity contribution in [3.63, 3.8) is 0 Å². The molecule has 0 unspecified atom stereocenters. The summed E-state index contributed by atoms with van der Waals surface area (Å²) in [6.45, 7) is 5.32. The molecule has 0 saturated carbocycles. The van der Waals surface area contributed by atoms with E-state index in [2.05, 4.69) is 0 Å². The molecule has 0 spiro atoms. The molecule has 0 N–H and O–H groups in total. The smallest absolute Gasteiger partial charge is 0.131 e. The zero-order valence-electron chi connectivity index (χ0n) is 30.2. The van der Waals surface area contributed by atoms with Crippen molar-refractivity contribution in [3.8, 4) is 56.0 Å². The minimum absolute atomic E-state index is 0.345. The molecular formula is C47H44F4O2. The Kier molecular flexibility index (Phi) is 12.6. The van der Waals surface area contributed by atoms with E-state index in [0.717, 1.165) is 83.4 Å². The first-order chi connectivity index (χ1) is 25.7. The topological polar surface area (TPSA) is 18.5 Å². The number of hydrogen-bond donors (Lipinski definition) is 0. The maximum Gasteiger partial charge on any atom is 0.131 e. The van der Waals surface area contributed by atoms with Crippen molar-refractivity contribution in [2.45, 2.75) is 58.8 Å². The molecule has 0 bridgehead atoms. The van der Waals surface area contributed by atoms with Crippen LogP contribution in [0, 0.1) is 37.1 Å². The predicted octanol–water partition coefficient (Wildman–Crippen LogP) is 13.7. The van der Waals surface area contributed by atoms with Gasteiger partial charge in [0.05, 0.1) is 13.2 Å². The predicted molar refractivity (Wildman–Crippen MR) is 207 cm³/mol. The minimum Gasteiger partial charge on any atom is -0.493 e. The second kappa shape index (κ2) is 17.9. The van der Waals surface area contributed by atoms with E-state index in [4.69, 9.17) is 9.47 Å². The summed E-state index contributed by atoms with van der Waals surface area (Å²) < 4.78 is 68.5. The molecule has 2 nitrogen and oxygen atoms in total. The van der Waals surface area contributed by atoms with E-state index in [1.54, 1.807) is 36.4 Å². The Hall–Kier alpha value is -5.36. The third-order valence-electron chi connectivity index (χ3n) is 9.57. The second-order valence-corrected chi connectivity index (χ2v) is 13.5. The van der Waals surface area contributed by atoms with Crippen molar-refractivity contribution in [1.29, 1.82) is 0 Å². The molecule has 0 radical (unpaired) electrons. The Labute approximate surface area is 310 Å². The Balaban J connectivity index is 0.853. The zero-order chi connectivity index (χ0) is 37.2. The molecule has 272 valence electrons. The molecule has 6 aromatic carbocycles. The van der Waals surface area contributed by atoms with Gasteiger partial charge in [-0.2, -0.15) is 0 Å². The largest absolute Gasteiger partial charge is 0.493 e. The van der Waals surface area contributed by atoms with Gasteiger partial charge < -0.3 is 9.47 Å². The molecule has 0 amide bonds. The summed E-state index contributed by atoms with van der Waals surface area (Å²) in [5.74, 6) is 0.299. The van der Waals surface area contributed by atoms with Gasteiger partial charge in [-0.3, -0.25) is 0 Å². The first-order valence-electron chi connectivity index (χ1n) is 18.3. The van der Waals surface area contributed by atoms with Crippen LogP contribution in [0.3, 0.4) is 0 Å². The summed E-state index contributed by atoms with van der Waals surface area (Å²) in [4.78, 5) is 0. The van der Waals surface area contributed by atoms with Crippen molar-refractivity contribution in [2.75, 3.05) is 13.2 Å². The number of aryl methyl sites for hydroxylation is 2. The molecule has 0 atom stereocenters. The number of halogens is 4. The lowest BCUT2D eigenvalue weighted by atomic mass is 9.98. The Morgan fingerprint density at radius 3 is 1.04 bits per heavy atom. The van der Waals surface area contributed by atoms with Crippen molar-refractivity contribution in [2.24, 2.45) is 0 Å². The highest BCUT2D eigenvalue weighted by Gasteiger charge is 2.11. The van der Waals surface area contributed by atoms with Crippen LogP contribution in [0.15, 0.2) is 121 Å². The molecule has 0 aromatic heterocycles. The van der Waals surface area contributed by atoms with Gasteiger partial charge in [0, 0.05) is 11.1 Å². The number of hydrogen-bond acceptors (Lipinski definition) is 2. The molecule has 0 fully saturated rings. The van der Waals surface area contributed by atoms with Crippen molar-refractivity contribution in [3.05, 3.63) is 156 Å². The van der Waals surface area contributed by atoms with E-state index in [1.807, 2.05) is 62.4 Å². The summed E-state index contributed by atoms with van der Waals surface area (Å²) >= 11 is 0. The lowest BCUT2D eigenvalue weighted by molar-refractivity contribution is 0.298. The van der Waals surface area contributed by atoms with Crippen LogP contribution in [-0.4, -0.2) is 13.2 Å². The highest BCUT2D eigenvalue weighted by molar-refractivity contribution is 5.73. The number of unbranched alkanes of at least 4 members (excludes halogenated alkanes) is 6. The third-order valence-corrected chi connectivity index (χ3v) is 9.57. The quantitative estimate of drug-likeness (QED) is 0.0733. The molecule has 53 heavy (non-hydrogen) atoms. The van der Waals surface area contributed by atoms with Crippen LogP contribution < -0.4 is 9.47 Å². The maximum absolute atomic E-state index is 14.9. The fraction of sp³-hybridized carbons (Fsp3) is 0.234. The van der Waals surface area contributed by atoms with Crippen molar-refractivity contribution < 1.29 is 27.0 Å². The monoisotopic (exact) mass is 716 g/mol. The number of benzene rings is 6. The van der Waals surface area contributed by atoms with E-state index >= 15 is 0 Å². The Bertz CT molecular complexity index is 1970. The molecule has 0 aliphatic heterocycles. The lowest BCUT2D eigenvalue weighted by Gasteiger charge is -2.12. The molecule has 6 heteroatoms. The normalized spacial score (nSPS) is 11.1. The number of ether oxygens (including phenoxy) is 2. The average Bonchev–Trinajstić information content (AvgIpc) is 3.15. The first-order valence-corrected chi connectivity index (χ1v) is 18.3. The summed E-state index contributed by atoms with van der Waals surface area (Å²) in [6.07, 6.45) is 7.69. The summed E-state index contributed by atoms with van der Waals surface area (Å²) in [6, 6.07) is 33.8. The number of rotatable bonds is 16. The average molecular weight is 717 g/mol. The molecule has 0 saturated heterocycles. The van der Waals surface area contributed by atoms with Crippen LogP contribution in [0.5, 0.6) is 11.5 Å². The van der Waals surface area contributed by atoms with Crippen molar-refractivity contribution >= 4 is 0 Å². The van der Waals surface area contributed by atoms with E-state index < -0.39 is 0 Å². The highest BCUT2D eigenvalue weighted by atomic mass is 19.1. The van der Waals surface area contributed by atoms with Gasteiger partial charge in [-0.25, -0.2) is 17.6 Å². The van der Waals surface area contributed by atoms with E-state index in [0.29, 0.717) is 35.5 Å². The van der Waals surface area contributed by atoms with Crippen LogP contribution in [0.25, 0.3) is 44.5 Å². The molecule has 0 aliphatic rings. The second-order valence-electron chi connectivity index (χ2n) is 13.5. The maximum atomic E-state index is 14.9. The van der Waals surface area contributed by atoms with Crippen LogP contribution in [-0.2, 0) is 0 Å². The van der Waals surface area contributed by atoms with Gasteiger partial charge in [0.1, 0.15) is 34.8 Å². The molecule has 6 aromatic rings. The van der Waals surface area contributed by atoms with Crippen LogP contribution >= 0.6 is 0 Å². The van der Waals surface area contributed by atoms with Gasteiger partial charge in [0.25, 0.3) is 0 Å². The van der Waals surface area contributed by atoms with Gasteiger partial charge in [-0.05, 0) is 132 Å². The van der Waals surface area contributed by atoms with Gasteiger partial charge in [-0.15, -0.1) is 0 Å². The standard InChI is InChI=1S/C47H44F4O2/c1-32-28-36(38-14-22-42(44(50)30-38)34-10-18-40(48)19-11-34)16-24-46(32)52-26-8-6-4-3-5-7-9-27-53-47-25-17-37(29-33(47)2)39-15-23-43(45(51)31-39)35-12-20-41(49)21-13-35/h10-25,28-31H,3-9,26-27H2,1-2H3. The van der Waals surface area contributed by atoms with E-state index in [-0.39, 0.29) is 23.3 Å². The molecular weight excluding hydrogens is 673 g/mol. The lowest BCUT2D eigenvalue weighted by Crippen LogP contribution is -2.00. The Morgan fingerprint density at radius 1 is 0.358 bits per heavy atom. The van der Waals surface area contributed by atoms with Crippen LogP contribution in [0.4, 0.5) is 17.6 Å². The van der Waals surface area contributed by atoms with Gasteiger partial charge >= 0.3 is 0 Å². The van der Waals surface area contributed by atoms with E-state index in [1.165, 1.54) is 42.8 Å². The van der Waals surface area contributed by atoms with Gasteiger partial charge in [-0.1, -0.05) is 92.8 Å². The SMILES string of the molecule is Cc1cc(-c2ccc(-c3ccc(F)cc3)c(F)c2)ccc1OCCCCCCCCCOc1ccc(-c2ccc(-c3ccc(F)cc3)c(F)c2)cc1C. The summed E-state index contributed by atoms with van der Waals surface area (Å²) in [5, 5.41) is 0. The van der Waals surface area contributed by atoms with Crippen molar-refractivity contribution in [1.82, 2.24) is 0 Å². The van der Waals surface area contributed by atoms with Crippen LogP contribution in [0.2, 0.25) is 0 Å². The minimum atomic E-state index is -0.346. The summed E-state index contributed by atoms with van der Waals surface area (Å²) in [7, 11) is 0. The molecule has 0 heterocycles. The summed E-state index contributed by atoms with van der Waals surface area (Å²) in [5.41, 5.74) is 7.56. The fourth-order valence-corrected chi connectivity index (χ4v) is 6.55. The fourth-order valence-electron chi connectivity index (χ4n) is 6.55. The van der Waals surface area contributed by atoms with E-state index in [9.17, 15) is 17.6 Å². The highest BCUT2D eigenvalue weighted by Crippen LogP contribution is 2.32. The first kappa shape index (κ1) is 37.4. The Morgan fingerprint density at radius 2 is 0.679 bits per heavy atom. The van der Waals surface area contributed by atoms with Crippen LogP contribution in [0.1, 0.15) is 56.1 Å². The molecule has 6 rings (SSSR count). The van der Waals surface area contributed by atoms with Gasteiger partial charge in [0.15, 0.2) is 0 Å². The van der Waals surface area contributed by atoms with Gasteiger partial charge in [0.2, 0.25) is 0 Å². The zero-order valence-corrected chi connectivity index (χ0v) is 30.2. The third kappa shape index (κ3) is 9.95.